The van der Waals surface area contributed by atoms with Crippen LogP contribution in [-0.4, -0.2) is 55.0 Å². The number of likely N-dealkylation sites (N-methyl/N-ethyl adjacent to an activating group) is 1. The first kappa shape index (κ1) is 17.8. The van der Waals surface area contributed by atoms with Gasteiger partial charge in [0.25, 0.3) is 0 Å². The number of carbonyl (C=O) groups is 2. The molecule has 1 fully saturated rings. The number of esters is 1. The number of carbonyl (C=O) groups excluding carboxylic acids is 2. The van der Waals surface area contributed by atoms with Crippen molar-refractivity contribution in [2.45, 2.75) is 19.8 Å². The van der Waals surface area contributed by atoms with Crippen molar-refractivity contribution in [1.29, 1.82) is 0 Å². The first-order valence-electron chi connectivity index (χ1n) is 8.59. The molecule has 25 heavy (non-hydrogen) atoms. The lowest BCUT2D eigenvalue weighted by Crippen LogP contribution is -2.43. The quantitative estimate of drug-likeness (QED) is 0.766. The fourth-order valence-electron chi connectivity index (χ4n) is 2.99. The molecule has 1 aliphatic heterocycles. The smallest absolute Gasteiger partial charge is 0.309 e. The van der Waals surface area contributed by atoms with Crippen LogP contribution in [0.4, 0.5) is 5.13 Å². The fraction of sp³-hybridized carbons (Fsp3) is 0.500. The van der Waals surface area contributed by atoms with Crippen LogP contribution >= 0.6 is 11.3 Å². The van der Waals surface area contributed by atoms with E-state index in [2.05, 4.69) is 9.88 Å². The van der Waals surface area contributed by atoms with Crippen molar-refractivity contribution in [2.24, 2.45) is 5.92 Å². The van der Waals surface area contributed by atoms with E-state index in [-0.39, 0.29) is 17.8 Å². The summed E-state index contributed by atoms with van der Waals surface area (Å²) in [6.07, 6.45) is 1.49. The SMILES string of the molecule is CCOC(=O)C1CCN(CC(=O)N(C)c2nc3ccccc3s2)CC1. The van der Waals surface area contributed by atoms with Crippen LogP contribution in [0.5, 0.6) is 0 Å². The van der Waals surface area contributed by atoms with Crippen LogP contribution in [0.25, 0.3) is 10.2 Å². The summed E-state index contributed by atoms with van der Waals surface area (Å²) in [4.78, 5) is 32.6. The lowest BCUT2D eigenvalue weighted by atomic mass is 9.97. The molecule has 0 aliphatic carbocycles. The van der Waals surface area contributed by atoms with E-state index in [1.54, 1.807) is 11.9 Å². The Morgan fingerprint density at radius 3 is 2.72 bits per heavy atom. The van der Waals surface area contributed by atoms with Gasteiger partial charge in [0.2, 0.25) is 5.91 Å². The lowest BCUT2D eigenvalue weighted by molar-refractivity contribution is -0.149. The molecule has 1 saturated heterocycles. The van der Waals surface area contributed by atoms with Crippen molar-refractivity contribution in [3.8, 4) is 0 Å². The van der Waals surface area contributed by atoms with Gasteiger partial charge in [0.15, 0.2) is 5.13 Å². The number of aromatic nitrogens is 1. The van der Waals surface area contributed by atoms with Gasteiger partial charge in [0.1, 0.15) is 0 Å². The van der Waals surface area contributed by atoms with Gasteiger partial charge in [-0.05, 0) is 45.0 Å². The van der Waals surface area contributed by atoms with Crippen molar-refractivity contribution in [3.05, 3.63) is 24.3 Å². The van der Waals surface area contributed by atoms with E-state index in [0.717, 1.165) is 36.1 Å². The third-order valence-corrected chi connectivity index (χ3v) is 5.62. The Labute approximate surface area is 151 Å². The summed E-state index contributed by atoms with van der Waals surface area (Å²) in [7, 11) is 1.77. The maximum absolute atomic E-state index is 12.6. The van der Waals surface area contributed by atoms with Gasteiger partial charge < -0.3 is 4.74 Å². The number of hydrogen-bond donors (Lipinski definition) is 0. The zero-order valence-corrected chi connectivity index (χ0v) is 15.4. The number of amides is 1. The Hall–Kier alpha value is -1.99. The average Bonchev–Trinajstić information content (AvgIpc) is 3.06. The number of ether oxygens (including phenoxy) is 1. The third-order valence-electron chi connectivity index (χ3n) is 4.51. The number of likely N-dealkylation sites (tertiary alicyclic amines) is 1. The number of fused-ring (bicyclic) bond motifs is 1. The molecule has 1 amide bonds. The van der Waals surface area contributed by atoms with Gasteiger partial charge >= 0.3 is 5.97 Å². The number of piperidine rings is 1. The summed E-state index contributed by atoms with van der Waals surface area (Å²) in [6, 6.07) is 7.88. The predicted octanol–water partition coefficient (Wildman–Crippen LogP) is 2.53. The maximum atomic E-state index is 12.6. The Balaban J connectivity index is 1.54. The molecule has 1 aliphatic rings. The van der Waals surface area contributed by atoms with E-state index >= 15 is 0 Å². The van der Waals surface area contributed by atoms with E-state index in [4.69, 9.17) is 4.74 Å². The van der Waals surface area contributed by atoms with Crippen molar-refractivity contribution in [2.75, 3.05) is 38.2 Å². The number of anilines is 1. The highest BCUT2D eigenvalue weighted by atomic mass is 32.1. The Morgan fingerprint density at radius 2 is 2.04 bits per heavy atom. The minimum Gasteiger partial charge on any atom is -0.466 e. The molecule has 0 bridgehead atoms. The molecular formula is C18H23N3O3S. The largest absolute Gasteiger partial charge is 0.466 e. The van der Waals surface area contributed by atoms with Gasteiger partial charge in [-0.1, -0.05) is 23.5 Å². The second-order valence-electron chi connectivity index (χ2n) is 6.22. The van der Waals surface area contributed by atoms with Crippen molar-refractivity contribution in [3.63, 3.8) is 0 Å². The highest BCUT2D eigenvalue weighted by Crippen LogP contribution is 2.28. The molecule has 6 nitrogen and oxygen atoms in total. The second kappa shape index (κ2) is 7.93. The van der Waals surface area contributed by atoms with Crippen LogP contribution in [0, 0.1) is 5.92 Å². The predicted molar refractivity (Wildman–Crippen MR) is 98.8 cm³/mol. The molecule has 0 N–H and O–H groups in total. The molecule has 1 aromatic heterocycles. The molecule has 0 saturated carbocycles. The van der Waals surface area contributed by atoms with Crippen LogP contribution in [0.15, 0.2) is 24.3 Å². The Kier molecular flexibility index (Phi) is 5.65. The van der Waals surface area contributed by atoms with Gasteiger partial charge in [0, 0.05) is 7.05 Å². The summed E-state index contributed by atoms with van der Waals surface area (Å²) < 4.78 is 6.16. The van der Waals surface area contributed by atoms with E-state index in [1.165, 1.54) is 11.3 Å². The number of hydrogen-bond acceptors (Lipinski definition) is 6. The molecule has 0 spiro atoms. The highest BCUT2D eigenvalue weighted by Gasteiger charge is 2.27. The standard InChI is InChI=1S/C18H23N3O3S/c1-3-24-17(23)13-8-10-21(11-9-13)12-16(22)20(2)18-19-14-6-4-5-7-15(14)25-18/h4-7,13H,3,8-12H2,1-2H3. The zero-order valence-electron chi connectivity index (χ0n) is 14.6. The Morgan fingerprint density at radius 1 is 1.32 bits per heavy atom. The van der Waals surface area contributed by atoms with Gasteiger partial charge in [-0.25, -0.2) is 4.98 Å². The normalized spacial score (nSPS) is 16.1. The minimum absolute atomic E-state index is 0.0219. The van der Waals surface area contributed by atoms with E-state index in [1.807, 2.05) is 31.2 Å². The van der Waals surface area contributed by atoms with Crippen LogP contribution in [0.1, 0.15) is 19.8 Å². The van der Waals surface area contributed by atoms with Crippen molar-refractivity contribution < 1.29 is 14.3 Å². The molecule has 2 aromatic rings. The second-order valence-corrected chi connectivity index (χ2v) is 7.23. The topological polar surface area (TPSA) is 62.7 Å². The molecule has 7 heteroatoms. The number of benzene rings is 1. The number of nitrogens with zero attached hydrogens (tertiary/aromatic N) is 3. The van der Waals surface area contributed by atoms with Crippen molar-refractivity contribution >= 4 is 38.6 Å². The van der Waals surface area contributed by atoms with Crippen LogP contribution in [0.3, 0.4) is 0 Å². The Bertz CT molecular complexity index is 720. The molecule has 2 heterocycles. The summed E-state index contributed by atoms with van der Waals surface area (Å²) in [5.74, 6) is -0.123. The van der Waals surface area contributed by atoms with E-state index < -0.39 is 0 Å². The summed E-state index contributed by atoms with van der Waals surface area (Å²) in [6.45, 7) is 4.07. The fourth-order valence-corrected chi connectivity index (χ4v) is 3.94. The molecule has 1 aromatic carbocycles. The molecule has 0 unspecified atom stereocenters. The van der Waals surface area contributed by atoms with Gasteiger partial charge in [-0.2, -0.15) is 0 Å². The third kappa shape index (κ3) is 4.16. The number of rotatable bonds is 5. The highest BCUT2D eigenvalue weighted by molar-refractivity contribution is 7.22. The lowest BCUT2D eigenvalue weighted by Gasteiger charge is -2.31. The van der Waals surface area contributed by atoms with Crippen LogP contribution in [-0.2, 0) is 14.3 Å². The van der Waals surface area contributed by atoms with Gasteiger partial charge in [-0.3, -0.25) is 19.4 Å². The van der Waals surface area contributed by atoms with Crippen LogP contribution in [0.2, 0.25) is 0 Å². The van der Waals surface area contributed by atoms with Crippen molar-refractivity contribution in [1.82, 2.24) is 9.88 Å². The summed E-state index contributed by atoms with van der Waals surface area (Å²) in [5, 5.41) is 0.715. The minimum atomic E-state index is -0.111. The van der Waals surface area contributed by atoms with E-state index in [9.17, 15) is 9.59 Å². The zero-order chi connectivity index (χ0) is 17.8. The summed E-state index contributed by atoms with van der Waals surface area (Å²) in [5.41, 5.74) is 0.914. The molecule has 0 atom stereocenters. The van der Waals surface area contributed by atoms with Gasteiger partial charge in [-0.15, -0.1) is 0 Å². The number of para-hydroxylation sites is 1. The first-order valence-corrected chi connectivity index (χ1v) is 9.41. The molecule has 3 rings (SSSR count). The first-order chi connectivity index (χ1) is 12.1. The monoisotopic (exact) mass is 361 g/mol. The summed E-state index contributed by atoms with van der Waals surface area (Å²) >= 11 is 1.52. The molecule has 134 valence electrons. The average molecular weight is 361 g/mol. The van der Waals surface area contributed by atoms with E-state index in [0.29, 0.717) is 18.3 Å². The van der Waals surface area contributed by atoms with Gasteiger partial charge in [0.05, 0.1) is 29.3 Å². The number of thiazole rings is 1. The molecular weight excluding hydrogens is 338 g/mol. The maximum Gasteiger partial charge on any atom is 0.309 e. The van der Waals surface area contributed by atoms with Crippen LogP contribution < -0.4 is 4.90 Å². The molecule has 0 radical (unpaired) electrons.